The van der Waals surface area contributed by atoms with Crippen molar-refractivity contribution >= 4 is 17.6 Å². The predicted octanol–water partition coefficient (Wildman–Crippen LogP) is 4.60. The van der Waals surface area contributed by atoms with E-state index < -0.39 is 30.8 Å². The molecule has 3 fully saturated rings. The molecule has 0 unspecified atom stereocenters. The van der Waals surface area contributed by atoms with Gasteiger partial charge in [-0.1, -0.05) is 0 Å². The highest BCUT2D eigenvalue weighted by Gasteiger charge is 2.46. The third-order valence-corrected chi connectivity index (χ3v) is 8.43. The maximum atomic E-state index is 13.7. The van der Waals surface area contributed by atoms with Crippen LogP contribution in [0.4, 0.5) is 14.6 Å². The molecular formula is C33H37F2N5O5. The number of carbonyl (C=O) groups is 2. The lowest BCUT2D eigenvalue weighted by atomic mass is 9.96. The van der Waals surface area contributed by atoms with E-state index in [0.717, 1.165) is 41.8 Å². The van der Waals surface area contributed by atoms with Crippen LogP contribution in [-0.2, 0) is 11.3 Å². The number of rotatable bonds is 12. The van der Waals surface area contributed by atoms with E-state index in [1.807, 2.05) is 19.2 Å². The largest absolute Gasteiger partial charge is 0.497 e. The Morgan fingerprint density at radius 1 is 1.07 bits per heavy atom. The highest BCUT2D eigenvalue weighted by molar-refractivity contribution is 6.05. The second-order valence-electron chi connectivity index (χ2n) is 12.2. The van der Waals surface area contributed by atoms with Gasteiger partial charge in [0.25, 0.3) is 23.3 Å². The number of methoxy groups -OCH3 is 2. The van der Waals surface area contributed by atoms with Crippen molar-refractivity contribution in [2.75, 3.05) is 39.2 Å². The van der Waals surface area contributed by atoms with E-state index in [1.165, 1.54) is 13.2 Å². The number of hydrogen-bond acceptors (Lipinski definition) is 7. The average molecular weight is 622 g/mol. The fraction of sp³-hybridized carbons (Fsp3) is 0.455. The molecule has 2 amide bonds. The van der Waals surface area contributed by atoms with Crippen molar-refractivity contribution in [3.63, 3.8) is 0 Å². The van der Waals surface area contributed by atoms with Crippen LogP contribution in [0.5, 0.6) is 5.75 Å². The van der Waals surface area contributed by atoms with Crippen molar-refractivity contribution < 1.29 is 27.8 Å². The van der Waals surface area contributed by atoms with E-state index in [9.17, 15) is 23.2 Å². The molecule has 45 heavy (non-hydrogen) atoms. The van der Waals surface area contributed by atoms with E-state index in [4.69, 9.17) is 14.5 Å². The molecule has 6 rings (SSSR count). The van der Waals surface area contributed by atoms with E-state index in [1.54, 1.807) is 35.9 Å². The van der Waals surface area contributed by atoms with Gasteiger partial charge in [-0.25, -0.2) is 13.8 Å². The molecule has 3 aromatic rings. The second kappa shape index (κ2) is 12.3. The van der Waals surface area contributed by atoms with Gasteiger partial charge in [-0.15, -0.1) is 0 Å². The molecule has 2 aromatic heterocycles. The van der Waals surface area contributed by atoms with Gasteiger partial charge in [0.2, 0.25) is 0 Å². The summed E-state index contributed by atoms with van der Waals surface area (Å²) in [5.41, 5.74) is 2.51. The van der Waals surface area contributed by atoms with Crippen LogP contribution < -0.4 is 20.9 Å². The number of alkyl halides is 2. The second-order valence-corrected chi connectivity index (χ2v) is 12.2. The zero-order valence-electron chi connectivity index (χ0n) is 25.6. The Kier molecular flexibility index (Phi) is 8.45. The molecule has 2 aliphatic carbocycles. The number of anilines is 1. The number of ether oxygens (including phenoxy) is 2. The summed E-state index contributed by atoms with van der Waals surface area (Å²) in [6.07, 6.45) is 5.44. The Labute approximate surface area is 259 Å². The van der Waals surface area contributed by atoms with Crippen LogP contribution in [0, 0.1) is 0 Å². The van der Waals surface area contributed by atoms with Gasteiger partial charge in [-0.3, -0.25) is 14.4 Å². The van der Waals surface area contributed by atoms with E-state index >= 15 is 0 Å². The third-order valence-electron chi connectivity index (χ3n) is 8.43. The highest BCUT2D eigenvalue weighted by Crippen LogP contribution is 2.42. The van der Waals surface area contributed by atoms with Crippen LogP contribution in [0.2, 0.25) is 0 Å². The number of pyridine rings is 2. The Hall–Kier alpha value is -4.16. The molecule has 2 N–H and O–H groups in total. The van der Waals surface area contributed by atoms with Crippen molar-refractivity contribution in [3.8, 4) is 16.9 Å². The number of amides is 2. The Morgan fingerprint density at radius 2 is 1.82 bits per heavy atom. The van der Waals surface area contributed by atoms with Crippen molar-refractivity contribution in [3.05, 3.63) is 75.3 Å². The van der Waals surface area contributed by atoms with Gasteiger partial charge in [0.15, 0.2) is 0 Å². The summed E-state index contributed by atoms with van der Waals surface area (Å²) in [5.74, 6) is -3.17. The molecule has 0 radical (unpaired) electrons. The van der Waals surface area contributed by atoms with Gasteiger partial charge in [-0.2, -0.15) is 0 Å². The van der Waals surface area contributed by atoms with Gasteiger partial charge in [0, 0.05) is 44.0 Å². The summed E-state index contributed by atoms with van der Waals surface area (Å²) in [5, 5.41) is 6.14. The number of nitrogens with zero attached hydrogens (tertiary/aromatic N) is 3. The molecule has 10 nitrogen and oxygen atoms in total. The monoisotopic (exact) mass is 621 g/mol. The molecule has 1 atom stereocenters. The van der Waals surface area contributed by atoms with Crippen molar-refractivity contribution in [1.29, 1.82) is 0 Å². The molecular weight excluding hydrogens is 584 g/mol. The number of likely N-dealkylation sites (tertiary alicyclic amines) is 1. The molecule has 3 heterocycles. The van der Waals surface area contributed by atoms with Gasteiger partial charge in [-0.05, 0) is 85.7 Å². The quantitative estimate of drug-likeness (QED) is 0.304. The van der Waals surface area contributed by atoms with Gasteiger partial charge in [0.1, 0.15) is 17.1 Å². The summed E-state index contributed by atoms with van der Waals surface area (Å²) in [4.78, 5) is 46.2. The minimum atomic E-state index is -2.91. The van der Waals surface area contributed by atoms with E-state index in [-0.39, 0.29) is 40.6 Å². The highest BCUT2D eigenvalue weighted by atomic mass is 19.3. The standard InChI is InChI=1S/C33H37F2N5O5/c1-19(44-2)14-36-15-20-10-27(32(43)40(16-20)23-6-7-23)30(41)38-29-12-22(11-28(37-29)21-4-5-21)25-9-8-24(45-3)13-26(25)31(42)39-17-33(34,35)18-39/h8-13,16,19,21,23,36H,4-7,14-15,17-18H2,1-3H3,(H,37,38,41)/t19-/m0/s1. The van der Waals surface area contributed by atoms with E-state index in [0.29, 0.717) is 30.0 Å². The fourth-order valence-electron chi connectivity index (χ4n) is 5.50. The summed E-state index contributed by atoms with van der Waals surface area (Å²) < 4.78 is 39.5. The molecule has 12 heteroatoms. The number of halogens is 2. The number of nitrogens with one attached hydrogen (secondary N) is 2. The molecule has 0 bridgehead atoms. The lowest BCUT2D eigenvalue weighted by Gasteiger charge is -2.39. The average Bonchev–Trinajstić information content (AvgIpc) is 3.93. The zero-order chi connectivity index (χ0) is 31.9. The first kappa shape index (κ1) is 30.8. The first-order valence-corrected chi connectivity index (χ1v) is 15.2. The summed E-state index contributed by atoms with van der Waals surface area (Å²) in [7, 11) is 3.11. The van der Waals surface area contributed by atoms with Gasteiger partial charge in [0.05, 0.1) is 31.9 Å². The lowest BCUT2D eigenvalue weighted by molar-refractivity contribution is -0.113. The minimum Gasteiger partial charge on any atom is -0.497 e. The van der Waals surface area contributed by atoms with Crippen LogP contribution in [-0.4, -0.2) is 72.1 Å². The summed E-state index contributed by atoms with van der Waals surface area (Å²) >= 11 is 0. The smallest absolute Gasteiger partial charge is 0.282 e. The number of benzene rings is 1. The topological polar surface area (TPSA) is 115 Å². The minimum absolute atomic E-state index is 0.00878. The molecule has 1 aromatic carbocycles. The molecule has 238 valence electrons. The maximum absolute atomic E-state index is 13.7. The van der Waals surface area contributed by atoms with Crippen LogP contribution >= 0.6 is 0 Å². The predicted molar refractivity (Wildman–Crippen MR) is 164 cm³/mol. The number of carbonyl (C=O) groups excluding carboxylic acids is 2. The molecule has 2 saturated carbocycles. The van der Waals surface area contributed by atoms with Crippen molar-refractivity contribution in [2.45, 2.75) is 63.1 Å². The summed E-state index contributed by atoms with van der Waals surface area (Å²) in [6.45, 7) is 1.72. The van der Waals surface area contributed by atoms with E-state index in [2.05, 4.69) is 10.6 Å². The first-order valence-electron chi connectivity index (χ1n) is 15.2. The lowest BCUT2D eigenvalue weighted by Crippen LogP contribution is -2.58. The number of hydrogen-bond donors (Lipinski definition) is 2. The van der Waals surface area contributed by atoms with Crippen LogP contribution in [0.15, 0.2) is 47.4 Å². The number of aromatic nitrogens is 2. The maximum Gasteiger partial charge on any atom is 0.282 e. The first-order chi connectivity index (χ1) is 21.5. The zero-order valence-corrected chi connectivity index (χ0v) is 25.6. The Bertz CT molecular complexity index is 1680. The van der Waals surface area contributed by atoms with Crippen LogP contribution in [0.3, 0.4) is 0 Å². The molecule has 1 aliphatic heterocycles. The van der Waals surface area contributed by atoms with Crippen LogP contribution in [0.1, 0.15) is 76.5 Å². The molecule has 0 spiro atoms. The van der Waals surface area contributed by atoms with Gasteiger partial charge >= 0.3 is 0 Å². The summed E-state index contributed by atoms with van der Waals surface area (Å²) in [6, 6.07) is 10.1. The Morgan fingerprint density at radius 3 is 2.47 bits per heavy atom. The molecule has 1 saturated heterocycles. The van der Waals surface area contributed by atoms with Crippen LogP contribution in [0.25, 0.3) is 11.1 Å². The normalized spacial score (nSPS) is 17.8. The van der Waals surface area contributed by atoms with Gasteiger partial charge < -0.3 is 29.6 Å². The third kappa shape index (κ3) is 6.91. The molecule has 3 aliphatic rings. The van der Waals surface area contributed by atoms with Crippen molar-refractivity contribution in [1.82, 2.24) is 19.8 Å². The SMILES string of the molecule is COc1ccc(-c2cc(NC(=O)c3cc(CNC[C@H](C)OC)cn(C4CC4)c3=O)nc(C3CC3)c2)c(C(=O)N2CC(F)(F)C2)c1. The fourth-order valence-corrected chi connectivity index (χ4v) is 5.50. The Balaban J connectivity index is 1.32. The van der Waals surface area contributed by atoms with Crippen molar-refractivity contribution in [2.24, 2.45) is 0 Å².